The minimum absolute atomic E-state index is 0.0963. The Morgan fingerprint density at radius 3 is 2.67 bits per heavy atom. The first-order chi connectivity index (χ1) is 7.13. The lowest BCUT2D eigenvalue weighted by molar-refractivity contribution is 0.236. The fourth-order valence-electron chi connectivity index (χ4n) is 1.53. The number of halogens is 2. The van der Waals surface area contributed by atoms with Crippen LogP contribution in [-0.4, -0.2) is 20.7 Å². The Morgan fingerprint density at radius 2 is 2.13 bits per heavy atom. The fourth-order valence-corrected chi connectivity index (χ4v) is 3.47. The van der Waals surface area contributed by atoms with E-state index in [0.717, 1.165) is 5.56 Å². The number of alkyl halides is 1. The molecule has 0 aromatic heterocycles. The Kier molecular flexibility index (Phi) is 3.11. The summed E-state index contributed by atoms with van der Waals surface area (Å²) in [6, 6.07) is 6.29. The summed E-state index contributed by atoms with van der Waals surface area (Å²) in [7, 11) is -2.15. The van der Waals surface area contributed by atoms with Gasteiger partial charge in [0, 0.05) is 0 Å². The van der Waals surface area contributed by atoms with Crippen LogP contribution in [0.15, 0.2) is 24.3 Å². The minimum Gasteiger partial charge on any atom is -0.391 e. The summed E-state index contributed by atoms with van der Waals surface area (Å²) in [6.45, 7) is 2.45. The van der Waals surface area contributed by atoms with Crippen molar-refractivity contribution in [1.29, 1.82) is 0 Å². The number of rotatable bonds is 2. The molecule has 2 atom stereocenters. The highest BCUT2D eigenvalue weighted by Gasteiger charge is 2.40. The van der Waals surface area contributed by atoms with E-state index in [2.05, 4.69) is 0 Å². The van der Waals surface area contributed by atoms with Crippen LogP contribution in [0.2, 0.25) is 6.55 Å². The van der Waals surface area contributed by atoms with Crippen molar-refractivity contribution >= 4 is 20.2 Å². The van der Waals surface area contributed by atoms with Crippen molar-refractivity contribution in [2.45, 2.75) is 12.7 Å². The Balaban J connectivity index is 2.11. The maximum absolute atomic E-state index is 12.7. The van der Waals surface area contributed by atoms with Crippen molar-refractivity contribution in [2.75, 3.05) is 12.1 Å². The molecule has 0 saturated carbocycles. The molecule has 1 fully saturated rings. The van der Waals surface area contributed by atoms with E-state index in [1.165, 1.54) is 12.1 Å². The highest BCUT2D eigenvalue weighted by Crippen LogP contribution is 2.30. The molecule has 0 amide bonds. The first-order valence-electron chi connectivity index (χ1n) is 4.76. The van der Waals surface area contributed by atoms with Crippen LogP contribution in [0.5, 0.6) is 0 Å². The normalized spacial score (nSPS) is 30.7. The summed E-state index contributed by atoms with van der Waals surface area (Å²) in [5.74, 6) is -0.241. The van der Waals surface area contributed by atoms with Gasteiger partial charge in [-0.15, -0.1) is 11.6 Å². The Hall–Kier alpha value is -0.423. The van der Waals surface area contributed by atoms with Gasteiger partial charge in [-0.05, 0) is 24.2 Å². The monoisotopic (exact) mass is 246 g/mol. The van der Waals surface area contributed by atoms with Crippen LogP contribution in [0, 0.1) is 5.82 Å². The van der Waals surface area contributed by atoms with E-state index < -0.39 is 8.56 Å². The third kappa shape index (κ3) is 2.39. The van der Waals surface area contributed by atoms with Gasteiger partial charge in [-0.25, -0.2) is 4.39 Å². The molecule has 1 aliphatic heterocycles. The van der Waals surface area contributed by atoms with E-state index in [1.807, 2.05) is 6.55 Å². The third-order valence-corrected chi connectivity index (χ3v) is 5.92. The average Bonchev–Trinajstić information content (AvgIpc) is 2.63. The number of benzene rings is 1. The van der Waals surface area contributed by atoms with Gasteiger partial charge < -0.3 is 8.85 Å². The summed E-state index contributed by atoms with van der Waals surface area (Å²) in [5, 5.41) is 0. The lowest BCUT2D eigenvalue weighted by Gasteiger charge is -2.16. The van der Waals surface area contributed by atoms with Crippen LogP contribution < -0.4 is 0 Å². The molecule has 1 aromatic carbocycles. The van der Waals surface area contributed by atoms with Crippen LogP contribution in [-0.2, 0) is 8.85 Å². The summed E-state index contributed by atoms with van der Waals surface area (Å²) in [5.41, 5.74) is 1.36. The molecule has 2 nitrogen and oxygen atoms in total. The Bertz CT molecular complexity index is 346. The maximum atomic E-state index is 12.7. The van der Waals surface area contributed by atoms with E-state index in [1.54, 1.807) is 12.1 Å². The SMILES string of the molecule is C[Si]1(CCl)OCC(c2ccc(F)cc2)O1. The number of hydrogen-bond acceptors (Lipinski definition) is 2. The molecule has 0 aliphatic carbocycles. The Labute approximate surface area is 94.2 Å². The summed E-state index contributed by atoms with van der Waals surface area (Å²) in [4.78, 5) is 0. The van der Waals surface area contributed by atoms with Crippen molar-refractivity contribution in [3.05, 3.63) is 35.6 Å². The second kappa shape index (κ2) is 4.21. The van der Waals surface area contributed by atoms with Crippen LogP contribution in [0.4, 0.5) is 4.39 Å². The first-order valence-corrected chi connectivity index (χ1v) is 7.82. The molecular weight excluding hydrogens is 235 g/mol. The average molecular weight is 247 g/mol. The predicted octanol–water partition coefficient (Wildman–Crippen LogP) is 2.76. The van der Waals surface area contributed by atoms with Gasteiger partial charge in [0.05, 0.1) is 18.2 Å². The van der Waals surface area contributed by atoms with Gasteiger partial charge in [-0.1, -0.05) is 12.1 Å². The van der Waals surface area contributed by atoms with Crippen molar-refractivity contribution < 1.29 is 13.2 Å². The molecule has 1 aromatic rings. The van der Waals surface area contributed by atoms with E-state index >= 15 is 0 Å². The smallest absolute Gasteiger partial charge is 0.350 e. The van der Waals surface area contributed by atoms with Crippen LogP contribution in [0.3, 0.4) is 0 Å². The molecule has 82 valence electrons. The Morgan fingerprint density at radius 1 is 1.47 bits per heavy atom. The zero-order chi connectivity index (χ0) is 10.9. The van der Waals surface area contributed by atoms with Crippen LogP contribution in [0.25, 0.3) is 0 Å². The van der Waals surface area contributed by atoms with E-state index in [9.17, 15) is 4.39 Å². The van der Waals surface area contributed by atoms with Crippen molar-refractivity contribution in [2.24, 2.45) is 0 Å². The van der Waals surface area contributed by atoms with E-state index in [-0.39, 0.29) is 11.9 Å². The molecule has 2 unspecified atom stereocenters. The lowest BCUT2D eigenvalue weighted by Crippen LogP contribution is -2.35. The highest BCUT2D eigenvalue weighted by molar-refractivity contribution is 6.73. The molecule has 1 saturated heterocycles. The predicted molar refractivity (Wildman–Crippen MR) is 58.5 cm³/mol. The number of hydrogen-bond donors (Lipinski definition) is 0. The highest BCUT2D eigenvalue weighted by atomic mass is 35.5. The van der Waals surface area contributed by atoms with Crippen molar-refractivity contribution in [3.63, 3.8) is 0 Å². The van der Waals surface area contributed by atoms with E-state index in [4.69, 9.17) is 20.5 Å². The largest absolute Gasteiger partial charge is 0.391 e. The molecule has 0 spiro atoms. The van der Waals surface area contributed by atoms with Gasteiger partial charge in [-0.3, -0.25) is 0 Å². The van der Waals surface area contributed by atoms with E-state index in [0.29, 0.717) is 12.1 Å². The lowest BCUT2D eigenvalue weighted by atomic mass is 10.1. The summed E-state index contributed by atoms with van der Waals surface area (Å²) >= 11 is 5.78. The molecule has 1 aliphatic rings. The third-order valence-electron chi connectivity index (χ3n) is 2.42. The zero-order valence-electron chi connectivity index (χ0n) is 8.37. The molecule has 0 bridgehead atoms. The topological polar surface area (TPSA) is 18.5 Å². The standard InChI is InChI=1S/C10H12ClFO2Si/c1-15(7-11)13-6-10(14-15)8-2-4-9(12)5-3-8/h2-5,10H,6-7H2,1H3. The molecule has 0 N–H and O–H groups in total. The minimum atomic E-state index is -2.15. The van der Waals surface area contributed by atoms with Crippen molar-refractivity contribution in [1.82, 2.24) is 0 Å². The fraction of sp³-hybridized carbons (Fsp3) is 0.400. The molecular formula is C10H12ClFO2Si. The van der Waals surface area contributed by atoms with Crippen LogP contribution >= 0.6 is 11.6 Å². The van der Waals surface area contributed by atoms with Gasteiger partial charge in [0.15, 0.2) is 0 Å². The van der Waals surface area contributed by atoms with Crippen molar-refractivity contribution in [3.8, 4) is 0 Å². The summed E-state index contributed by atoms with van der Waals surface area (Å²) in [6.07, 6.45) is -0.0963. The maximum Gasteiger partial charge on any atom is 0.350 e. The zero-order valence-corrected chi connectivity index (χ0v) is 10.1. The van der Waals surface area contributed by atoms with Gasteiger partial charge in [-0.2, -0.15) is 0 Å². The molecule has 5 heteroatoms. The molecule has 2 rings (SSSR count). The van der Waals surface area contributed by atoms with Gasteiger partial charge in [0.25, 0.3) is 0 Å². The van der Waals surface area contributed by atoms with Gasteiger partial charge in [0.1, 0.15) is 5.82 Å². The molecule has 15 heavy (non-hydrogen) atoms. The van der Waals surface area contributed by atoms with Gasteiger partial charge >= 0.3 is 8.56 Å². The molecule has 0 radical (unpaired) electrons. The van der Waals surface area contributed by atoms with Gasteiger partial charge in [0.2, 0.25) is 0 Å². The quantitative estimate of drug-likeness (QED) is 0.590. The van der Waals surface area contributed by atoms with Crippen LogP contribution in [0.1, 0.15) is 11.7 Å². The second-order valence-corrected chi connectivity index (χ2v) is 7.60. The second-order valence-electron chi connectivity index (χ2n) is 3.74. The molecule has 1 heterocycles. The first kappa shape index (κ1) is 11.1. The summed E-state index contributed by atoms with van der Waals surface area (Å²) < 4.78 is 24.1.